The molecule has 0 saturated carbocycles. The predicted octanol–water partition coefficient (Wildman–Crippen LogP) is 2.47. The van der Waals surface area contributed by atoms with Gasteiger partial charge in [0.1, 0.15) is 5.69 Å². The highest BCUT2D eigenvalue weighted by Crippen LogP contribution is 2.20. The molecule has 0 bridgehead atoms. The first-order chi connectivity index (χ1) is 8.85. The molecule has 0 aromatic carbocycles. The number of nitrogens with zero attached hydrogens (tertiary/aromatic N) is 4. The third-order valence-electron chi connectivity index (χ3n) is 2.37. The predicted molar refractivity (Wildman–Crippen MR) is 66.0 cm³/mol. The van der Waals surface area contributed by atoms with Crippen LogP contribution in [-0.4, -0.2) is 20.2 Å². The summed E-state index contributed by atoms with van der Waals surface area (Å²) in [5.74, 6) is 1.27. The fraction of sp³-hybridized carbons (Fsp3) is 0.182. The highest BCUT2D eigenvalue weighted by Gasteiger charge is 2.10. The second-order valence-corrected chi connectivity index (χ2v) is 4.26. The van der Waals surface area contributed by atoms with Gasteiger partial charge in [0, 0.05) is 17.6 Å². The summed E-state index contributed by atoms with van der Waals surface area (Å²) >= 11 is 3.32. The number of aromatic nitrogens is 4. The van der Waals surface area contributed by atoms with Crippen LogP contribution in [0, 0.1) is 0 Å². The molecule has 0 saturated heterocycles. The van der Waals surface area contributed by atoms with Crippen LogP contribution in [0.3, 0.4) is 0 Å². The fourth-order valence-corrected chi connectivity index (χ4v) is 1.82. The molecule has 0 atom stereocenters. The number of halogens is 1. The molecule has 7 heteroatoms. The maximum atomic E-state index is 5.23. The first-order valence-electron chi connectivity index (χ1n) is 5.29. The Morgan fingerprint density at radius 2 is 2.22 bits per heavy atom. The van der Waals surface area contributed by atoms with Gasteiger partial charge in [0.2, 0.25) is 5.76 Å². The van der Waals surface area contributed by atoms with Crippen molar-refractivity contribution in [3.8, 4) is 11.5 Å². The Balaban J connectivity index is 1.77. The van der Waals surface area contributed by atoms with Crippen molar-refractivity contribution in [2.45, 2.75) is 11.9 Å². The van der Waals surface area contributed by atoms with Crippen molar-refractivity contribution in [2.24, 2.45) is 0 Å². The van der Waals surface area contributed by atoms with Crippen molar-refractivity contribution >= 4 is 15.9 Å². The molecule has 0 N–H and O–H groups in total. The van der Waals surface area contributed by atoms with Gasteiger partial charge in [0.25, 0.3) is 0 Å². The summed E-state index contributed by atoms with van der Waals surface area (Å²) in [6, 6.07) is 5.45. The quantitative estimate of drug-likeness (QED) is 0.692. The Morgan fingerprint density at radius 3 is 2.94 bits per heavy atom. The number of furan rings is 1. The average Bonchev–Trinajstić information content (AvgIpc) is 3.10. The lowest BCUT2D eigenvalue weighted by Gasteiger charge is -1.92. The van der Waals surface area contributed by atoms with Crippen molar-refractivity contribution in [1.82, 2.24) is 20.2 Å². The van der Waals surface area contributed by atoms with Crippen LogP contribution in [0.2, 0.25) is 0 Å². The van der Waals surface area contributed by atoms with Crippen LogP contribution in [0.4, 0.5) is 0 Å². The SMILES string of the molecule is BrCc1cn(Cc2cc(-c3ccco3)on2)nn1. The molecule has 18 heavy (non-hydrogen) atoms. The zero-order valence-corrected chi connectivity index (χ0v) is 10.9. The van der Waals surface area contributed by atoms with Gasteiger partial charge in [-0.25, -0.2) is 4.68 Å². The molecule has 0 spiro atoms. The van der Waals surface area contributed by atoms with Crippen LogP contribution in [0.15, 0.2) is 39.6 Å². The highest BCUT2D eigenvalue weighted by molar-refractivity contribution is 9.08. The van der Waals surface area contributed by atoms with E-state index in [1.807, 2.05) is 18.3 Å². The summed E-state index contributed by atoms with van der Waals surface area (Å²) in [5, 5.41) is 12.6. The molecule has 92 valence electrons. The van der Waals surface area contributed by atoms with E-state index in [0.29, 0.717) is 23.4 Å². The Kier molecular flexibility index (Phi) is 2.97. The van der Waals surface area contributed by atoms with E-state index < -0.39 is 0 Å². The Morgan fingerprint density at radius 1 is 1.28 bits per heavy atom. The molecule has 6 nitrogen and oxygen atoms in total. The van der Waals surface area contributed by atoms with Crippen molar-refractivity contribution in [3.05, 3.63) is 42.0 Å². The molecule has 3 heterocycles. The minimum Gasteiger partial charge on any atom is -0.461 e. The normalized spacial score (nSPS) is 10.9. The summed E-state index contributed by atoms with van der Waals surface area (Å²) in [6.45, 7) is 0.518. The van der Waals surface area contributed by atoms with Gasteiger partial charge in [-0.2, -0.15) is 0 Å². The minimum absolute atomic E-state index is 0.518. The lowest BCUT2D eigenvalue weighted by Crippen LogP contribution is -2.00. The monoisotopic (exact) mass is 308 g/mol. The van der Waals surface area contributed by atoms with Crippen molar-refractivity contribution < 1.29 is 8.94 Å². The lowest BCUT2D eigenvalue weighted by molar-refractivity contribution is 0.407. The average molecular weight is 309 g/mol. The van der Waals surface area contributed by atoms with Crippen LogP contribution in [0.5, 0.6) is 0 Å². The van der Waals surface area contributed by atoms with E-state index in [1.165, 1.54) is 0 Å². The molecule has 0 aliphatic rings. The van der Waals surface area contributed by atoms with E-state index in [2.05, 4.69) is 31.4 Å². The van der Waals surface area contributed by atoms with Gasteiger partial charge in [0.05, 0.1) is 18.5 Å². The number of hydrogen-bond acceptors (Lipinski definition) is 5. The third-order valence-corrected chi connectivity index (χ3v) is 2.94. The van der Waals surface area contributed by atoms with Crippen molar-refractivity contribution in [3.63, 3.8) is 0 Å². The molecule has 0 unspecified atom stereocenters. The van der Waals surface area contributed by atoms with Crippen molar-refractivity contribution in [2.75, 3.05) is 0 Å². The van der Waals surface area contributed by atoms with Crippen LogP contribution in [0.1, 0.15) is 11.4 Å². The smallest absolute Gasteiger partial charge is 0.202 e. The topological polar surface area (TPSA) is 69.9 Å². The summed E-state index contributed by atoms with van der Waals surface area (Å²) in [4.78, 5) is 0. The summed E-state index contributed by atoms with van der Waals surface area (Å²) in [6.07, 6.45) is 3.45. The maximum absolute atomic E-state index is 5.23. The number of hydrogen-bond donors (Lipinski definition) is 0. The Bertz CT molecular complexity index is 629. The van der Waals surface area contributed by atoms with Gasteiger partial charge in [0.15, 0.2) is 5.76 Å². The van der Waals surface area contributed by atoms with E-state index in [0.717, 1.165) is 11.4 Å². The fourth-order valence-electron chi connectivity index (χ4n) is 1.56. The zero-order valence-electron chi connectivity index (χ0n) is 9.28. The Hall–Kier alpha value is -1.89. The molecular weight excluding hydrogens is 300 g/mol. The minimum atomic E-state index is 0.518. The van der Waals surface area contributed by atoms with E-state index in [9.17, 15) is 0 Å². The van der Waals surface area contributed by atoms with Gasteiger partial charge in [-0.3, -0.25) is 0 Å². The number of rotatable bonds is 4. The largest absolute Gasteiger partial charge is 0.461 e. The molecule has 3 aromatic heterocycles. The van der Waals surface area contributed by atoms with Gasteiger partial charge >= 0.3 is 0 Å². The lowest BCUT2D eigenvalue weighted by atomic mass is 10.3. The second kappa shape index (κ2) is 4.77. The zero-order chi connectivity index (χ0) is 12.4. The van der Waals surface area contributed by atoms with Gasteiger partial charge in [-0.15, -0.1) is 5.10 Å². The molecule has 0 aliphatic carbocycles. The van der Waals surface area contributed by atoms with E-state index >= 15 is 0 Å². The van der Waals surface area contributed by atoms with E-state index in [4.69, 9.17) is 8.94 Å². The van der Waals surface area contributed by atoms with E-state index in [-0.39, 0.29) is 0 Å². The van der Waals surface area contributed by atoms with Gasteiger partial charge < -0.3 is 8.94 Å². The van der Waals surface area contributed by atoms with Crippen LogP contribution >= 0.6 is 15.9 Å². The van der Waals surface area contributed by atoms with Gasteiger partial charge in [-0.1, -0.05) is 26.3 Å². The standard InChI is InChI=1S/C11H9BrN4O2/c12-5-9-7-16(15-13-9)6-8-4-11(18-14-8)10-2-1-3-17-10/h1-4,7H,5-6H2. The first kappa shape index (κ1) is 11.2. The molecule has 0 radical (unpaired) electrons. The summed E-state index contributed by atoms with van der Waals surface area (Å²) < 4.78 is 12.1. The van der Waals surface area contributed by atoms with Crippen LogP contribution < -0.4 is 0 Å². The van der Waals surface area contributed by atoms with Crippen molar-refractivity contribution in [1.29, 1.82) is 0 Å². The van der Waals surface area contributed by atoms with E-state index in [1.54, 1.807) is 17.0 Å². The third kappa shape index (κ3) is 2.21. The molecule has 0 amide bonds. The first-order valence-corrected chi connectivity index (χ1v) is 6.42. The molecule has 0 aliphatic heterocycles. The molecule has 3 rings (SSSR count). The molecule has 0 fully saturated rings. The summed E-state index contributed by atoms with van der Waals surface area (Å²) in [7, 11) is 0. The number of alkyl halides is 1. The molecule has 3 aromatic rings. The van der Waals surface area contributed by atoms with Crippen LogP contribution in [0.25, 0.3) is 11.5 Å². The second-order valence-electron chi connectivity index (χ2n) is 3.70. The highest BCUT2D eigenvalue weighted by atomic mass is 79.9. The van der Waals surface area contributed by atoms with Crippen LogP contribution in [-0.2, 0) is 11.9 Å². The Labute approximate surface area is 111 Å². The van der Waals surface area contributed by atoms with Gasteiger partial charge in [-0.05, 0) is 12.1 Å². The summed E-state index contributed by atoms with van der Waals surface area (Å²) in [5.41, 5.74) is 1.65. The molecular formula is C11H9BrN4O2. The maximum Gasteiger partial charge on any atom is 0.202 e.